The summed E-state index contributed by atoms with van der Waals surface area (Å²) in [6, 6.07) is 5.22. The number of halogens is 1. The topological polar surface area (TPSA) is 48.3 Å². The molecule has 0 saturated heterocycles. The van der Waals surface area contributed by atoms with Crippen LogP contribution in [0, 0.1) is 0 Å². The molecule has 0 N–H and O–H groups in total. The molecule has 2 rings (SSSR count). The molecule has 1 aromatic carbocycles. The van der Waals surface area contributed by atoms with Crippen molar-refractivity contribution in [3.63, 3.8) is 0 Å². The Labute approximate surface area is 115 Å². The highest BCUT2D eigenvalue weighted by Crippen LogP contribution is 2.21. The van der Waals surface area contributed by atoms with Gasteiger partial charge in [-0.15, -0.1) is 0 Å². The second kappa shape index (κ2) is 5.45. The van der Waals surface area contributed by atoms with Gasteiger partial charge in [-0.05, 0) is 26.0 Å². The highest BCUT2D eigenvalue weighted by atomic mass is 35.5. The minimum Gasteiger partial charge on any atom is -0.462 e. The molecule has 0 saturated carbocycles. The average Bonchev–Trinajstić information content (AvgIpc) is 2.39. The highest BCUT2D eigenvalue weighted by molar-refractivity contribution is 6.35. The van der Waals surface area contributed by atoms with Gasteiger partial charge < -0.3 is 9.30 Å². The minimum atomic E-state index is -0.614. The Morgan fingerprint density at radius 3 is 2.74 bits per heavy atom. The number of ether oxygens (including phenoxy) is 1. The third-order valence-electron chi connectivity index (χ3n) is 2.89. The van der Waals surface area contributed by atoms with E-state index in [0.717, 1.165) is 0 Å². The summed E-state index contributed by atoms with van der Waals surface area (Å²) in [5, 5.41) is 0.701. The van der Waals surface area contributed by atoms with E-state index in [4.69, 9.17) is 16.3 Å². The summed E-state index contributed by atoms with van der Waals surface area (Å²) < 4.78 is 6.72. The predicted molar refractivity (Wildman–Crippen MR) is 74.8 cm³/mol. The third kappa shape index (κ3) is 2.36. The second-order valence-electron chi connectivity index (χ2n) is 4.01. The van der Waals surface area contributed by atoms with Gasteiger partial charge in [-0.1, -0.05) is 17.7 Å². The van der Waals surface area contributed by atoms with Gasteiger partial charge in [0, 0.05) is 12.7 Å². The fourth-order valence-electron chi connectivity index (χ4n) is 2.01. The Morgan fingerprint density at radius 2 is 2.11 bits per heavy atom. The van der Waals surface area contributed by atoms with E-state index in [1.54, 1.807) is 25.1 Å². The zero-order valence-electron chi connectivity index (χ0n) is 10.8. The van der Waals surface area contributed by atoms with Crippen molar-refractivity contribution in [1.82, 2.24) is 4.57 Å². The van der Waals surface area contributed by atoms with Crippen molar-refractivity contribution < 1.29 is 9.53 Å². The number of hydrogen-bond donors (Lipinski definition) is 0. The number of carbonyl (C=O) groups excluding carboxylic acids is 1. The van der Waals surface area contributed by atoms with Crippen LogP contribution < -0.4 is 5.43 Å². The second-order valence-corrected chi connectivity index (χ2v) is 4.42. The lowest BCUT2D eigenvalue weighted by atomic mass is 10.1. The lowest BCUT2D eigenvalue weighted by molar-refractivity contribution is 0.0524. The maximum absolute atomic E-state index is 12.3. The monoisotopic (exact) mass is 279 g/mol. The van der Waals surface area contributed by atoms with Crippen LogP contribution in [-0.2, 0) is 11.3 Å². The number of nitrogens with zero attached hydrogens (tertiary/aromatic N) is 1. The molecular formula is C14H14ClNO3. The van der Waals surface area contributed by atoms with E-state index in [-0.39, 0.29) is 17.6 Å². The molecule has 0 bridgehead atoms. The third-order valence-corrected chi connectivity index (χ3v) is 3.21. The number of hydrogen-bond acceptors (Lipinski definition) is 3. The molecule has 5 heteroatoms. The quantitative estimate of drug-likeness (QED) is 0.812. The summed E-state index contributed by atoms with van der Waals surface area (Å²) in [6.07, 6.45) is 1.53. The molecule has 2 aromatic rings. The number of benzene rings is 1. The number of fused-ring (bicyclic) bond motifs is 1. The summed E-state index contributed by atoms with van der Waals surface area (Å²) in [5.41, 5.74) is 0.348. The summed E-state index contributed by atoms with van der Waals surface area (Å²) in [6.45, 7) is 4.48. The van der Waals surface area contributed by atoms with Crippen LogP contribution in [0.25, 0.3) is 10.9 Å². The van der Waals surface area contributed by atoms with Crippen molar-refractivity contribution in [2.75, 3.05) is 6.61 Å². The molecule has 1 aromatic heterocycles. The number of pyridine rings is 1. The number of esters is 1. The SMILES string of the molecule is CCOC(=O)c1cn(CC)c2cccc(Cl)c2c1=O. The van der Waals surface area contributed by atoms with Crippen LogP contribution in [0.1, 0.15) is 24.2 Å². The number of aromatic nitrogens is 1. The Kier molecular flexibility index (Phi) is 3.90. The Balaban J connectivity index is 2.82. The van der Waals surface area contributed by atoms with Crippen LogP contribution in [0.3, 0.4) is 0 Å². The standard InChI is InChI=1S/C14H14ClNO3/c1-3-16-8-9(14(18)19-4-2)13(17)12-10(15)6-5-7-11(12)16/h5-8H,3-4H2,1-2H3. The van der Waals surface area contributed by atoms with Gasteiger partial charge in [0.1, 0.15) is 5.56 Å². The first kappa shape index (κ1) is 13.6. The van der Waals surface area contributed by atoms with Crippen molar-refractivity contribution in [1.29, 1.82) is 0 Å². The van der Waals surface area contributed by atoms with Gasteiger partial charge in [0.05, 0.1) is 22.5 Å². The fourth-order valence-corrected chi connectivity index (χ4v) is 2.27. The average molecular weight is 280 g/mol. The first-order valence-electron chi connectivity index (χ1n) is 6.08. The Hall–Kier alpha value is -1.81. The minimum absolute atomic E-state index is 0.0179. The largest absolute Gasteiger partial charge is 0.462 e. The van der Waals surface area contributed by atoms with Crippen LogP contribution in [-0.4, -0.2) is 17.1 Å². The molecule has 0 fully saturated rings. The van der Waals surface area contributed by atoms with Crippen molar-refractivity contribution in [2.45, 2.75) is 20.4 Å². The zero-order chi connectivity index (χ0) is 14.0. The van der Waals surface area contributed by atoms with Crippen LogP contribution in [0.5, 0.6) is 0 Å². The van der Waals surface area contributed by atoms with Crippen LogP contribution in [0.4, 0.5) is 0 Å². The fraction of sp³-hybridized carbons (Fsp3) is 0.286. The molecule has 19 heavy (non-hydrogen) atoms. The van der Waals surface area contributed by atoms with E-state index >= 15 is 0 Å². The number of rotatable bonds is 3. The Bertz CT molecular complexity index is 691. The normalized spacial score (nSPS) is 10.7. The van der Waals surface area contributed by atoms with Crippen molar-refractivity contribution in [2.24, 2.45) is 0 Å². The van der Waals surface area contributed by atoms with Gasteiger partial charge in [-0.25, -0.2) is 4.79 Å². The predicted octanol–water partition coefficient (Wildman–Crippen LogP) is 2.85. The molecule has 0 aliphatic rings. The van der Waals surface area contributed by atoms with Gasteiger partial charge in [0.15, 0.2) is 0 Å². The summed E-state index contributed by atoms with van der Waals surface area (Å²) >= 11 is 6.08. The smallest absolute Gasteiger partial charge is 0.343 e. The van der Waals surface area contributed by atoms with Gasteiger partial charge in [0.25, 0.3) is 0 Å². The van der Waals surface area contributed by atoms with Gasteiger partial charge in [0.2, 0.25) is 5.43 Å². The molecular weight excluding hydrogens is 266 g/mol. The van der Waals surface area contributed by atoms with E-state index in [9.17, 15) is 9.59 Å². The van der Waals surface area contributed by atoms with E-state index in [1.807, 2.05) is 11.5 Å². The molecule has 0 amide bonds. The molecule has 1 heterocycles. The first-order chi connectivity index (χ1) is 9.10. The lowest BCUT2D eigenvalue weighted by Gasteiger charge is -2.11. The summed E-state index contributed by atoms with van der Waals surface area (Å²) in [4.78, 5) is 24.1. The van der Waals surface area contributed by atoms with Crippen LogP contribution in [0.2, 0.25) is 5.02 Å². The maximum Gasteiger partial charge on any atom is 0.343 e. The lowest BCUT2D eigenvalue weighted by Crippen LogP contribution is -2.21. The highest BCUT2D eigenvalue weighted by Gasteiger charge is 2.17. The van der Waals surface area contributed by atoms with Gasteiger partial charge in [-0.3, -0.25) is 4.79 Å². The van der Waals surface area contributed by atoms with Crippen molar-refractivity contribution >= 4 is 28.5 Å². The Morgan fingerprint density at radius 1 is 1.37 bits per heavy atom. The molecule has 0 atom stereocenters. The molecule has 100 valence electrons. The van der Waals surface area contributed by atoms with E-state index in [2.05, 4.69) is 0 Å². The van der Waals surface area contributed by atoms with E-state index in [0.29, 0.717) is 22.5 Å². The first-order valence-corrected chi connectivity index (χ1v) is 6.46. The van der Waals surface area contributed by atoms with E-state index in [1.165, 1.54) is 6.20 Å². The molecule has 0 unspecified atom stereocenters. The maximum atomic E-state index is 12.3. The molecule has 0 spiro atoms. The summed E-state index contributed by atoms with van der Waals surface area (Å²) in [5.74, 6) is -0.614. The van der Waals surface area contributed by atoms with Crippen LogP contribution >= 0.6 is 11.6 Å². The van der Waals surface area contributed by atoms with E-state index < -0.39 is 5.97 Å². The molecule has 0 aliphatic heterocycles. The van der Waals surface area contributed by atoms with Gasteiger partial charge in [-0.2, -0.15) is 0 Å². The zero-order valence-corrected chi connectivity index (χ0v) is 11.5. The van der Waals surface area contributed by atoms with Crippen LogP contribution in [0.15, 0.2) is 29.2 Å². The summed E-state index contributed by atoms with van der Waals surface area (Å²) in [7, 11) is 0. The molecule has 4 nitrogen and oxygen atoms in total. The number of carbonyl (C=O) groups is 1. The number of aryl methyl sites for hydroxylation is 1. The molecule has 0 radical (unpaired) electrons. The molecule has 0 aliphatic carbocycles. The van der Waals surface area contributed by atoms with Crippen molar-refractivity contribution in [3.05, 3.63) is 45.2 Å². The van der Waals surface area contributed by atoms with Gasteiger partial charge >= 0.3 is 5.97 Å². The van der Waals surface area contributed by atoms with Crippen molar-refractivity contribution in [3.8, 4) is 0 Å².